The zero-order valence-corrected chi connectivity index (χ0v) is 14.1. The van der Waals surface area contributed by atoms with Crippen LogP contribution in [0.4, 0.5) is 0 Å². The number of carbonyl (C=O) groups excluding carboxylic acids is 2. The van der Waals surface area contributed by atoms with Gasteiger partial charge in [-0.3, -0.25) is 9.59 Å². The first-order valence-electron chi connectivity index (χ1n) is 8.00. The third-order valence-corrected chi connectivity index (χ3v) is 3.82. The van der Waals surface area contributed by atoms with Crippen molar-refractivity contribution in [1.82, 2.24) is 14.9 Å². The van der Waals surface area contributed by atoms with Crippen molar-refractivity contribution in [2.45, 2.75) is 13.5 Å². The van der Waals surface area contributed by atoms with Crippen LogP contribution in [-0.2, 0) is 16.1 Å². The number of rotatable bonds is 5. The summed E-state index contributed by atoms with van der Waals surface area (Å²) in [5.41, 5.74) is 0.891. The van der Waals surface area contributed by atoms with E-state index in [9.17, 15) is 14.4 Å². The van der Waals surface area contributed by atoms with Gasteiger partial charge in [-0.1, -0.05) is 42.5 Å². The van der Waals surface area contributed by atoms with Crippen LogP contribution < -0.4 is 5.56 Å². The Morgan fingerprint density at radius 3 is 2.50 bits per heavy atom. The molecule has 0 radical (unpaired) electrons. The number of para-hydroxylation sites is 1. The van der Waals surface area contributed by atoms with Gasteiger partial charge in [0, 0.05) is 13.5 Å². The van der Waals surface area contributed by atoms with Crippen LogP contribution in [0.15, 0.2) is 59.4 Å². The number of ether oxygens (including phenoxy) is 1. The van der Waals surface area contributed by atoms with Gasteiger partial charge in [-0.2, -0.15) is 0 Å². The number of esters is 1. The summed E-state index contributed by atoms with van der Waals surface area (Å²) in [5, 5.41) is 0.387. The Morgan fingerprint density at radius 1 is 1.08 bits per heavy atom. The fraction of sp³-hybridized carbons (Fsp3) is 0.158. The largest absolute Gasteiger partial charge is 0.438 e. The summed E-state index contributed by atoms with van der Waals surface area (Å²) in [4.78, 5) is 43.9. The van der Waals surface area contributed by atoms with Gasteiger partial charge in [0.05, 0.1) is 10.9 Å². The molecule has 0 aliphatic heterocycles. The maximum atomic E-state index is 12.2. The fourth-order valence-electron chi connectivity index (χ4n) is 2.44. The monoisotopic (exact) mass is 351 g/mol. The number of hydrogen-bond acceptors (Lipinski definition) is 5. The quantitative estimate of drug-likeness (QED) is 0.561. The van der Waals surface area contributed by atoms with E-state index in [-0.39, 0.29) is 18.5 Å². The van der Waals surface area contributed by atoms with E-state index < -0.39 is 11.5 Å². The Kier molecular flexibility index (Phi) is 5.07. The maximum Gasteiger partial charge on any atom is 0.376 e. The molecule has 1 amide bonds. The first-order valence-corrected chi connectivity index (χ1v) is 8.00. The molecule has 7 nitrogen and oxygen atoms in total. The first kappa shape index (κ1) is 17.3. The smallest absolute Gasteiger partial charge is 0.376 e. The standard InChI is InChI=1S/C19H17N3O4/c1-13(23)22(11-14-7-3-2-4-8-14)12-26-19(25)17-20-16-10-6-5-9-15(16)18(24)21-17/h2-10H,11-12H2,1H3,(H,20,21,24). The summed E-state index contributed by atoms with van der Waals surface area (Å²) in [6.07, 6.45) is 0. The van der Waals surface area contributed by atoms with E-state index in [0.717, 1.165) is 5.56 Å². The van der Waals surface area contributed by atoms with Crippen LogP contribution in [0.25, 0.3) is 10.9 Å². The number of fused-ring (bicyclic) bond motifs is 1. The topological polar surface area (TPSA) is 92.4 Å². The molecule has 1 heterocycles. The fourth-order valence-corrected chi connectivity index (χ4v) is 2.44. The SMILES string of the molecule is CC(=O)N(COC(=O)c1nc2ccccc2c(=O)[nH]1)Cc1ccccc1. The zero-order chi connectivity index (χ0) is 18.5. The minimum atomic E-state index is -0.799. The van der Waals surface area contributed by atoms with Crippen LogP contribution in [0, 0.1) is 0 Å². The Labute approximate surface area is 149 Å². The average Bonchev–Trinajstić information content (AvgIpc) is 2.65. The predicted octanol–water partition coefficient (Wildman–Crippen LogP) is 2.09. The number of aromatic amines is 1. The maximum absolute atomic E-state index is 12.2. The molecule has 0 spiro atoms. The lowest BCUT2D eigenvalue weighted by molar-refractivity contribution is -0.133. The van der Waals surface area contributed by atoms with Crippen molar-refractivity contribution in [2.24, 2.45) is 0 Å². The molecule has 0 aliphatic rings. The Bertz CT molecular complexity index is 998. The van der Waals surface area contributed by atoms with Crippen LogP contribution >= 0.6 is 0 Å². The van der Waals surface area contributed by atoms with Gasteiger partial charge in [0.2, 0.25) is 11.7 Å². The predicted molar refractivity (Wildman–Crippen MR) is 95.3 cm³/mol. The summed E-state index contributed by atoms with van der Waals surface area (Å²) in [6.45, 7) is 1.47. The second kappa shape index (κ2) is 7.60. The number of carbonyl (C=O) groups is 2. The molecule has 0 saturated carbocycles. The van der Waals surface area contributed by atoms with Crippen molar-refractivity contribution in [2.75, 3.05) is 6.73 Å². The molecule has 0 aliphatic carbocycles. The minimum Gasteiger partial charge on any atom is -0.438 e. The van der Waals surface area contributed by atoms with Gasteiger partial charge in [0.25, 0.3) is 5.56 Å². The lowest BCUT2D eigenvalue weighted by Gasteiger charge is -2.20. The lowest BCUT2D eigenvalue weighted by Crippen LogP contribution is -2.32. The van der Waals surface area contributed by atoms with Crippen molar-refractivity contribution >= 4 is 22.8 Å². The first-order chi connectivity index (χ1) is 12.5. The summed E-state index contributed by atoms with van der Waals surface area (Å²) < 4.78 is 5.16. The Hall–Kier alpha value is -3.48. The van der Waals surface area contributed by atoms with Crippen LogP contribution in [0.3, 0.4) is 0 Å². The molecule has 3 rings (SSSR count). The van der Waals surface area contributed by atoms with Gasteiger partial charge in [-0.05, 0) is 17.7 Å². The summed E-state index contributed by atoms with van der Waals surface area (Å²) in [6, 6.07) is 16.1. The van der Waals surface area contributed by atoms with Crippen molar-refractivity contribution in [3.63, 3.8) is 0 Å². The molecular formula is C19H17N3O4. The number of nitrogens with zero attached hydrogens (tertiary/aromatic N) is 2. The molecule has 0 atom stereocenters. The number of hydrogen-bond donors (Lipinski definition) is 1. The van der Waals surface area contributed by atoms with E-state index in [4.69, 9.17) is 4.74 Å². The van der Waals surface area contributed by atoms with Gasteiger partial charge in [-0.25, -0.2) is 9.78 Å². The van der Waals surface area contributed by atoms with Gasteiger partial charge in [-0.15, -0.1) is 0 Å². The Morgan fingerprint density at radius 2 is 1.77 bits per heavy atom. The molecule has 0 fully saturated rings. The van der Waals surface area contributed by atoms with E-state index in [1.165, 1.54) is 11.8 Å². The van der Waals surface area contributed by atoms with Crippen LogP contribution in [0.1, 0.15) is 23.1 Å². The summed E-state index contributed by atoms with van der Waals surface area (Å²) >= 11 is 0. The van der Waals surface area contributed by atoms with Gasteiger partial charge < -0.3 is 14.6 Å². The second-order valence-electron chi connectivity index (χ2n) is 5.70. The van der Waals surface area contributed by atoms with Crippen LogP contribution in [0.5, 0.6) is 0 Å². The van der Waals surface area contributed by atoms with E-state index in [2.05, 4.69) is 9.97 Å². The highest BCUT2D eigenvalue weighted by molar-refractivity contribution is 5.88. The van der Waals surface area contributed by atoms with Crippen LogP contribution in [0.2, 0.25) is 0 Å². The number of nitrogens with one attached hydrogen (secondary N) is 1. The highest BCUT2D eigenvalue weighted by atomic mass is 16.5. The van der Waals surface area contributed by atoms with Gasteiger partial charge in [0.15, 0.2) is 6.73 Å². The summed E-state index contributed by atoms with van der Waals surface area (Å²) in [7, 11) is 0. The van der Waals surface area contributed by atoms with Crippen molar-refractivity contribution in [1.29, 1.82) is 0 Å². The van der Waals surface area contributed by atoms with E-state index in [0.29, 0.717) is 17.4 Å². The zero-order valence-electron chi connectivity index (χ0n) is 14.1. The van der Waals surface area contributed by atoms with Gasteiger partial charge >= 0.3 is 5.97 Å². The Balaban J connectivity index is 1.72. The number of amides is 1. The highest BCUT2D eigenvalue weighted by Crippen LogP contribution is 2.08. The normalized spacial score (nSPS) is 10.5. The molecule has 3 aromatic rings. The second-order valence-corrected chi connectivity index (χ2v) is 5.70. The third kappa shape index (κ3) is 3.94. The van der Waals surface area contributed by atoms with Crippen molar-refractivity contribution in [3.8, 4) is 0 Å². The molecule has 0 bridgehead atoms. The molecule has 132 valence electrons. The molecule has 26 heavy (non-hydrogen) atoms. The van der Waals surface area contributed by atoms with Crippen molar-refractivity contribution in [3.05, 3.63) is 76.3 Å². The number of benzene rings is 2. The molecular weight excluding hydrogens is 334 g/mol. The number of H-pyrrole nitrogens is 1. The third-order valence-electron chi connectivity index (χ3n) is 3.82. The molecule has 1 aromatic heterocycles. The molecule has 1 N–H and O–H groups in total. The number of aromatic nitrogens is 2. The molecule has 0 unspecified atom stereocenters. The molecule has 0 saturated heterocycles. The van der Waals surface area contributed by atoms with E-state index in [1.807, 2.05) is 30.3 Å². The highest BCUT2D eigenvalue weighted by Gasteiger charge is 2.16. The van der Waals surface area contributed by atoms with E-state index in [1.54, 1.807) is 24.3 Å². The molecule has 7 heteroatoms. The molecule has 2 aromatic carbocycles. The average molecular weight is 351 g/mol. The lowest BCUT2D eigenvalue weighted by atomic mass is 10.2. The minimum absolute atomic E-state index is 0.197. The summed E-state index contributed by atoms with van der Waals surface area (Å²) in [5.74, 6) is -1.23. The van der Waals surface area contributed by atoms with E-state index >= 15 is 0 Å². The van der Waals surface area contributed by atoms with Gasteiger partial charge in [0.1, 0.15) is 0 Å². The van der Waals surface area contributed by atoms with Crippen LogP contribution in [-0.4, -0.2) is 33.5 Å². The van der Waals surface area contributed by atoms with Crippen molar-refractivity contribution < 1.29 is 14.3 Å².